The molecule has 8 heteroatoms. The van der Waals surface area contributed by atoms with E-state index < -0.39 is 14.1 Å². The van der Waals surface area contributed by atoms with Crippen molar-refractivity contribution in [2.45, 2.75) is 70.7 Å². The number of hydrogen-bond acceptors (Lipinski definition) is 7. The van der Waals surface area contributed by atoms with Crippen molar-refractivity contribution in [3.05, 3.63) is 108 Å². The molecular formula is C37H47N2O5P. The van der Waals surface area contributed by atoms with Crippen LogP contribution < -0.4 is 9.47 Å². The summed E-state index contributed by atoms with van der Waals surface area (Å²) in [6.07, 6.45) is 1.72. The first-order valence-electron chi connectivity index (χ1n) is 15.6. The molecule has 0 N–H and O–H groups in total. The molecular weight excluding hydrogens is 583 g/mol. The van der Waals surface area contributed by atoms with Crippen LogP contribution in [0.3, 0.4) is 0 Å². The van der Waals surface area contributed by atoms with Crippen molar-refractivity contribution < 1.29 is 23.3 Å². The van der Waals surface area contributed by atoms with Gasteiger partial charge >= 0.3 is 0 Å². The van der Waals surface area contributed by atoms with Gasteiger partial charge in [0.1, 0.15) is 17.1 Å². The minimum atomic E-state index is -1.40. The lowest BCUT2D eigenvalue weighted by Gasteiger charge is -2.39. The first kappa shape index (κ1) is 34.6. The maximum atomic E-state index is 9.16. The van der Waals surface area contributed by atoms with E-state index in [-0.39, 0.29) is 24.1 Å². The van der Waals surface area contributed by atoms with Gasteiger partial charge < -0.3 is 23.3 Å². The van der Waals surface area contributed by atoms with Crippen molar-refractivity contribution >= 4 is 8.53 Å². The topological polar surface area (TPSA) is 73.2 Å². The maximum absolute atomic E-state index is 9.16. The smallest absolute Gasteiger partial charge is 0.259 e. The Morgan fingerprint density at radius 1 is 0.844 bits per heavy atom. The molecule has 1 unspecified atom stereocenters. The van der Waals surface area contributed by atoms with E-state index >= 15 is 0 Å². The zero-order valence-electron chi connectivity index (χ0n) is 27.4. The Morgan fingerprint density at radius 2 is 1.38 bits per heavy atom. The van der Waals surface area contributed by atoms with E-state index in [4.69, 9.17) is 28.5 Å². The van der Waals surface area contributed by atoms with Gasteiger partial charge in [0, 0.05) is 18.0 Å². The third kappa shape index (κ3) is 8.33. The molecule has 0 spiro atoms. The van der Waals surface area contributed by atoms with Crippen molar-refractivity contribution in [2.75, 3.05) is 27.4 Å². The summed E-state index contributed by atoms with van der Waals surface area (Å²) >= 11 is 0. The zero-order chi connectivity index (χ0) is 32.4. The number of hydrogen-bond donors (Lipinski definition) is 0. The molecule has 0 radical (unpaired) electrons. The van der Waals surface area contributed by atoms with Crippen LogP contribution in [0.5, 0.6) is 11.5 Å². The maximum Gasteiger partial charge on any atom is 0.259 e. The highest BCUT2D eigenvalue weighted by Crippen LogP contribution is 2.51. The summed E-state index contributed by atoms with van der Waals surface area (Å²) < 4.78 is 33.6. The molecule has 7 nitrogen and oxygen atoms in total. The van der Waals surface area contributed by atoms with E-state index in [1.54, 1.807) is 14.2 Å². The van der Waals surface area contributed by atoms with Crippen LogP contribution in [0.1, 0.15) is 63.6 Å². The SMILES string of the molecule is C=C1C[C@H](COC(c2ccccc2)(c2ccc(OC)cc2)c2ccc(OC)cc2)[C@@H](OP(OCCC#N)N(C(C)C)C(C)C)C1. The minimum Gasteiger partial charge on any atom is -0.497 e. The van der Waals surface area contributed by atoms with E-state index in [0.29, 0.717) is 19.6 Å². The van der Waals surface area contributed by atoms with Crippen LogP contribution >= 0.6 is 8.53 Å². The lowest BCUT2D eigenvalue weighted by Crippen LogP contribution is -2.37. The zero-order valence-corrected chi connectivity index (χ0v) is 28.3. The molecule has 4 rings (SSSR count). The van der Waals surface area contributed by atoms with Crippen LogP contribution in [0.15, 0.2) is 91.0 Å². The highest BCUT2D eigenvalue weighted by Gasteiger charge is 2.42. The summed E-state index contributed by atoms with van der Waals surface area (Å²) in [4.78, 5) is 0. The number of methoxy groups -OCH3 is 2. The van der Waals surface area contributed by atoms with Crippen LogP contribution in [0.4, 0.5) is 0 Å². The molecule has 1 fully saturated rings. The van der Waals surface area contributed by atoms with E-state index in [1.807, 2.05) is 42.5 Å². The van der Waals surface area contributed by atoms with Crippen LogP contribution in [0, 0.1) is 17.2 Å². The minimum absolute atomic E-state index is 0.0582. The third-order valence-corrected chi connectivity index (χ3v) is 10.3. The van der Waals surface area contributed by atoms with Gasteiger partial charge in [-0.2, -0.15) is 5.26 Å². The van der Waals surface area contributed by atoms with Gasteiger partial charge in [-0.15, -0.1) is 0 Å². The molecule has 0 aromatic heterocycles. The highest BCUT2D eigenvalue weighted by atomic mass is 31.2. The quantitative estimate of drug-likeness (QED) is 0.0679. The van der Waals surface area contributed by atoms with Crippen molar-refractivity contribution in [1.29, 1.82) is 5.26 Å². The van der Waals surface area contributed by atoms with Crippen molar-refractivity contribution in [1.82, 2.24) is 4.67 Å². The van der Waals surface area contributed by atoms with Gasteiger partial charge in [0.25, 0.3) is 8.53 Å². The van der Waals surface area contributed by atoms with Gasteiger partial charge in [-0.3, -0.25) is 0 Å². The Hall–Kier alpha value is -3.24. The summed E-state index contributed by atoms with van der Waals surface area (Å²) in [6.45, 7) is 13.7. The molecule has 1 aliphatic rings. The fraction of sp³-hybridized carbons (Fsp3) is 0.432. The van der Waals surface area contributed by atoms with Gasteiger partial charge in [-0.25, -0.2) is 4.67 Å². The summed E-state index contributed by atoms with van der Waals surface area (Å²) in [7, 11) is 1.95. The van der Waals surface area contributed by atoms with Crippen LogP contribution in [0.25, 0.3) is 0 Å². The molecule has 0 bridgehead atoms. The first-order valence-corrected chi connectivity index (χ1v) is 16.8. The van der Waals surface area contributed by atoms with Gasteiger partial charge in [-0.1, -0.05) is 66.7 Å². The Morgan fingerprint density at radius 3 is 1.87 bits per heavy atom. The van der Waals surface area contributed by atoms with Crippen molar-refractivity contribution in [2.24, 2.45) is 5.92 Å². The molecule has 0 saturated heterocycles. The average Bonchev–Trinajstić information content (AvgIpc) is 3.40. The molecule has 1 aliphatic carbocycles. The normalized spacial score (nSPS) is 17.6. The molecule has 0 heterocycles. The number of nitrogens with zero attached hydrogens (tertiary/aromatic N) is 2. The Bertz CT molecular complexity index is 1330. The van der Waals surface area contributed by atoms with Gasteiger partial charge in [0.15, 0.2) is 0 Å². The first-order chi connectivity index (χ1) is 21.7. The Kier molecular flexibility index (Phi) is 12.6. The van der Waals surface area contributed by atoms with E-state index in [1.165, 1.54) is 0 Å². The van der Waals surface area contributed by atoms with Crippen LogP contribution in [-0.4, -0.2) is 50.3 Å². The lowest BCUT2D eigenvalue weighted by molar-refractivity contribution is -0.0274. The molecule has 45 heavy (non-hydrogen) atoms. The second-order valence-corrected chi connectivity index (χ2v) is 13.3. The summed E-state index contributed by atoms with van der Waals surface area (Å²) in [5.41, 5.74) is 3.22. The molecule has 3 aromatic rings. The monoisotopic (exact) mass is 630 g/mol. The van der Waals surface area contributed by atoms with Crippen LogP contribution in [-0.2, 0) is 19.4 Å². The largest absolute Gasteiger partial charge is 0.497 e. The number of benzene rings is 3. The number of ether oxygens (including phenoxy) is 3. The molecule has 0 aliphatic heterocycles. The molecule has 3 atom stereocenters. The van der Waals surface area contributed by atoms with Crippen LogP contribution in [0.2, 0.25) is 0 Å². The standard InChI is InChI=1S/C37H47N2O5P/c1-27(2)39(28(3)4)45(43-23-11-22-38)44-36-25-29(5)24-30(36)26-42-37(31-12-9-8-10-13-31,32-14-18-34(40-6)19-15-32)33-16-20-35(41-7)21-17-33/h8-10,12-21,27-28,30,36H,5,11,23-26H2,1-4,6-7H3/t30-,36+,45?/m1/s1. The van der Waals surface area contributed by atoms with Crippen molar-refractivity contribution in [3.8, 4) is 17.6 Å². The summed E-state index contributed by atoms with van der Waals surface area (Å²) in [5, 5.41) is 9.16. The van der Waals surface area contributed by atoms with E-state index in [9.17, 15) is 0 Å². The molecule has 0 amide bonds. The lowest BCUT2D eigenvalue weighted by atomic mass is 9.80. The van der Waals surface area contributed by atoms with E-state index in [2.05, 4.69) is 81.4 Å². The molecule has 240 valence electrons. The van der Waals surface area contributed by atoms with Crippen molar-refractivity contribution in [3.63, 3.8) is 0 Å². The van der Waals surface area contributed by atoms with E-state index in [0.717, 1.165) is 46.6 Å². The summed E-state index contributed by atoms with van der Waals surface area (Å²) in [5.74, 6) is 1.61. The summed E-state index contributed by atoms with van der Waals surface area (Å²) in [6, 6.07) is 29.1. The fourth-order valence-electron chi connectivity index (χ4n) is 6.04. The fourth-order valence-corrected chi connectivity index (χ4v) is 7.83. The van der Waals surface area contributed by atoms with Gasteiger partial charge in [0.05, 0.1) is 46.0 Å². The average molecular weight is 631 g/mol. The van der Waals surface area contributed by atoms with Gasteiger partial charge in [0.2, 0.25) is 0 Å². The molecule has 1 saturated carbocycles. The predicted molar refractivity (Wildman–Crippen MR) is 180 cm³/mol. The molecule has 3 aromatic carbocycles. The number of rotatable bonds is 16. The second kappa shape index (κ2) is 16.4. The Labute approximate surface area is 270 Å². The Balaban J connectivity index is 1.72. The number of nitriles is 1. The third-order valence-electron chi connectivity index (χ3n) is 8.14. The van der Waals surface area contributed by atoms with Gasteiger partial charge in [-0.05, 0) is 81.5 Å². The second-order valence-electron chi connectivity index (χ2n) is 11.9. The predicted octanol–water partition coefficient (Wildman–Crippen LogP) is 8.64. The highest BCUT2D eigenvalue weighted by molar-refractivity contribution is 7.44.